The lowest BCUT2D eigenvalue weighted by atomic mass is 9.87. The van der Waals surface area contributed by atoms with Crippen molar-refractivity contribution in [2.24, 2.45) is 17.8 Å². The molecule has 0 aromatic heterocycles. The van der Waals surface area contributed by atoms with Crippen molar-refractivity contribution in [3.63, 3.8) is 0 Å². The van der Waals surface area contributed by atoms with Crippen LogP contribution in [0.5, 0.6) is 0 Å². The van der Waals surface area contributed by atoms with E-state index < -0.39 is 5.60 Å². The highest BCUT2D eigenvalue weighted by Gasteiger charge is 2.59. The van der Waals surface area contributed by atoms with Crippen molar-refractivity contribution in [2.75, 3.05) is 19.6 Å². The molecule has 1 amide bonds. The van der Waals surface area contributed by atoms with Gasteiger partial charge in [-0.25, -0.2) is 0 Å². The smallest absolute Gasteiger partial charge is 0.257 e. The molecule has 3 atom stereocenters. The summed E-state index contributed by atoms with van der Waals surface area (Å²) in [6.45, 7) is 7.52. The molecule has 4 rings (SSSR count). The molecule has 3 fully saturated rings. The van der Waals surface area contributed by atoms with Gasteiger partial charge in [0.2, 0.25) is 0 Å². The van der Waals surface area contributed by atoms with E-state index in [0.29, 0.717) is 11.8 Å². The zero-order valence-corrected chi connectivity index (χ0v) is 15.8. The number of carbonyl (C=O) groups is 1. The molecule has 1 heterocycles. The van der Waals surface area contributed by atoms with Crippen molar-refractivity contribution in [1.82, 2.24) is 10.2 Å². The van der Waals surface area contributed by atoms with Crippen molar-refractivity contribution in [2.45, 2.75) is 44.8 Å². The monoisotopic (exact) mass is 354 g/mol. The molecular formula is C22H30N2O2. The number of nitrogens with zero attached hydrogens (tertiary/aromatic N) is 1. The highest BCUT2D eigenvalue weighted by Crippen LogP contribution is 2.49. The summed E-state index contributed by atoms with van der Waals surface area (Å²) in [5, 5.41) is 14.4. The van der Waals surface area contributed by atoms with Crippen LogP contribution in [-0.4, -0.2) is 41.6 Å². The molecule has 0 bridgehead atoms. The topological polar surface area (TPSA) is 52.6 Å². The normalized spacial score (nSPS) is 29.6. The number of fused-ring (bicyclic) bond motifs is 1. The average Bonchev–Trinajstić information content (AvgIpc) is 3.54. The maximum absolute atomic E-state index is 13.0. The van der Waals surface area contributed by atoms with Crippen molar-refractivity contribution < 1.29 is 9.90 Å². The summed E-state index contributed by atoms with van der Waals surface area (Å²) in [6.07, 6.45) is 5.25. The molecule has 2 aliphatic carbocycles. The summed E-state index contributed by atoms with van der Waals surface area (Å²) >= 11 is 0. The molecule has 2 N–H and O–H groups in total. The molecule has 2 saturated carbocycles. The average molecular weight is 354 g/mol. The second-order valence-corrected chi connectivity index (χ2v) is 8.56. The van der Waals surface area contributed by atoms with Gasteiger partial charge in [-0.05, 0) is 50.5 Å². The number of aliphatic hydroxyl groups is 1. The van der Waals surface area contributed by atoms with Crippen molar-refractivity contribution in [3.05, 3.63) is 47.5 Å². The third-order valence-electron chi connectivity index (χ3n) is 6.29. The first kappa shape index (κ1) is 17.7. The number of piperidine rings is 1. The fourth-order valence-electron chi connectivity index (χ4n) is 4.55. The van der Waals surface area contributed by atoms with E-state index in [-0.39, 0.29) is 17.9 Å². The summed E-state index contributed by atoms with van der Waals surface area (Å²) in [6, 6.07) is 9.70. The van der Waals surface area contributed by atoms with Crippen molar-refractivity contribution in [3.8, 4) is 0 Å². The summed E-state index contributed by atoms with van der Waals surface area (Å²) in [7, 11) is 0. The van der Waals surface area contributed by atoms with Crippen LogP contribution >= 0.6 is 0 Å². The molecule has 0 radical (unpaired) electrons. The lowest BCUT2D eigenvalue weighted by molar-refractivity contribution is -0.143. The molecule has 0 spiro atoms. The Kier molecular flexibility index (Phi) is 4.66. The van der Waals surface area contributed by atoms with E-state index in [1.807, 2.05) is 30.3 Å². The van der Waals surface area contributed by atoms with E-state index >= 15 is 0 Å². The number of carbonyl (C=O) groups excluding carboxylic acids is 1. The quantitative estimate of drug-likeness (QED) is 0.740. The summed E-state index contributed by atoms with van der Waals surface area (Å²) < 4.78 is 0. The van der Waals surface area contributed by atoms with Crippen LogP contribution in [0.4, 0.5) is 0 Å². The van der Waals surface area contributed by atoms with Gasteiger partial charge >= 0.3 is 0 Å². The Bertz CT molecular complexity index is 681. The van der Waals surface area contributed by atoms with E-state index in [2.05, 4.69) is 30.1 Å². The van der Waals surface area contributed by atoms with Crippen LogP contribution in [0.3, 0.4) is 0 Å². The number of nitrogens with one attached hydrogen (secondary N) is 1. The van der Waals surface area contributed by atoms with Gasteiger partial charge in [0.25, 0.3) is 5.91 Å². The van der Waals surface area contributed by atoms with Crippen molar-refractivity contribution >= 4 is 5.91 Å². The Hall–Kier alpha value is -1.65. The first-order chi connectivity index (χ1) is 12.5. The first-order valence-electron chi connectivity index (χ1n) is 9.94. The van der Waals surface area contributed by atoms with Crippen LogP contribution in [0.15, 0.2) is 42.0 Å². The summed E-state index contributed by atoms with van der Waals surface area (Å²) in [5.41, 5.74) is 0.746. The standard InChI is InChI=1S/C22H30N2O2/c1-15(2)7-6-12-24-13-18-19(14-24)20(18)23-21(25)22(26,17-10-11-17)16-8-4-3-5-9-16/h3-5,7-9,17-20,26H,6,10-14H2,1-2H3,(H,23,25). The van der Waals surface area contributed by atoms with Crippen LogP contribution in [-0.2, 0) is 10.4 Å². The van der Waals surface area contributed by atoms with Gasteiger partial charge in [-0.2, -0.15) is 0 Å². The molecule has 1 aliphatic heterocycles. The minimum atomic E-state index is -1.36. The molecule has 4 heteroatoms. The summed E-state index contributed by atoms with van der Waals surface area (Å²) in [4.78, 5) is 15.5. The van der Waals surface area contributed by atoms with Gasteiger partial charge < -0.3 is 15.3 Å². The van der Waals surface area contributed by atoms with Gasteiger partial charge in [0, 0.05) is 31.6 Å². The SMILES string of the molecule is CC(C)=CCCN1CC2C(C1)C2NC(=O)C(O)(c1ccccc1)C1CC1. The van der Waals surface area contributed by atoms with Crippen LogP contribution in [0, 0.1) is 17.8 Å². The van der Waals surface area contributed by atoms with Gasteiger partial charge in [-0.1, -0.05) is 42.0 Å². The zero-order valence-electron chi connectivity index (χ0n) is 15.8. The largest absolute Gasteiger partial charge is 0.375 e. The van der Waals surface area contributed by atoms with E-state index in [9.17, 15) is 9.90 Å². The second-order valence-electron chi connectivity index (χ2n) is 8.56. The predicted octanol–water partition coefficient (Wildman–Crippen LogP) is 2.69. The number of rotatable bonds is 7. The molecule has 1 aromatic rings. The molecule has 26 heavy (non-hydrogen) atoms. The lowest BCUT2D eigenvalue weighted by Crippen LogP contribution is -2.48. The van der Waals surface area contributed by atoms with Gasteiger partial charge in [0.1, 0.15) is 0 Å². The Labute approximate surface area is 156 Å². The van der Waals surface area contributed by atoms with Crippen LogP contribution in [0.2, 0.25) is 0 Å². The zero-order chi connectivity index (χ0) is 18.3. The fraction of sp³-hybridized carbons (Fsp3) is 0.591. The van der Waals surface area contributed by atoms with Crippen LogP contribution < -0.4 is 5.32 Å². The molecule has 4 nitrogen and oxygen atoms in total. The molecule has 3 aliphatic rings. The van der Waals surface area contributed by atoms with E-state index in [0.717, 1.165) is 44.5 Å². The number of likely N-dealkylation sites (tertiary alicyclic amines) is 1. The number of amides is 1. The Morgan fingerprint density at radius 1 is 1.23 bits per heavy atom. The van der Waals surface area contributed by atoms with Gasteiger partial charge in [-0.3, -0.25) is 4.79 Å². The highest BCUT2D eigenvalue weighted by atomic mass is 16.3. The molecular weight excluding hydrogens is 324 g/mol. The maximum atomic E-state index is 13.0. The summed E-state index contributed by atoms with van der Waals surface area (Å²) in [5.74, 6) is 0.987. The molecule has 1 saturated heterocycles. The lowest BCUT2D eigenvalue weighted by Gasteiger charge is -2.28. The highest BCUT2D eigenvalue weighted by molar-refractivity contribution is 5.87. The Morgan fingerprint density at radius 3 is 2.46 bits per heavy atom. The minimum absolute atomic E-state index is 0.0593. The molecule has 1 aromatic carbocycles. The van der Waals surface area contributed by atoms with Gasteiger partial charge in [0.05, 0.1) is 0 Å². The van der Waals surface area contributed by atoms with E-state index in [1.54, 1.807) is 0 Å². The van der Waals surface area contributed by atoms with Gasteiger partial charge in [0.15, 0.2) is 5.60 Å². The third-order valence-corrected chi connectivity index (χ3v) is 6.29. The number of hydrogen-bond donors (Lipinski definition) is 2. The Balaban J connectivity index is 1.33. The number of hydrogen-bond acceptors (Lipinski definition) is 3. The third kappa shape index (κ3) is 3.33. The van der Waals surface area contributed by atoms with E-state index in [4.69, 9.17) is 0 Å². The predicted molar refractivity (Wildman–Crippen MR) is 102 cm³/mol. The second kappa shape index (κ2) is 6.82. The number of allylic oxidation sites excluding steroid dienone is 1. The Morgan fingerprint density at radius 2 is 1.88 bits per heavy atom. The van der Waals surface area contributed by atoms with E-state index in [1.165, 1.54) is 5.57 Å². The van der Waals surface area contributed by atoms with Crippen molar-refractivity contribution in [1.29, 1.82) is 0 Å². The fourth-order valence-corrected chi connectivity index (χ4v) is 4.55. The molecule has 140 valence electrons. The van der Waals surface area contributed by atoms with Gasteiger partial charge in [-0.15, -0.1) is 0 Å². The van der Waals surface area contributed by atoms with Crippen LogP contribution in [0.1, 0.15) is 38.7 Å². The number of benzene rings is 1. The van der Waals surface area contributed by atoms with Crippen LogP contribution in [0.25, 0.3) is 0 Å². The minimum Gasteiger partial charge on any atom is -0.375 e. The first-order valence-corrected chi connectivity index (χ1v) is 9.94. The maximum Gasteiger partial charge on any atom is 0.257 e. The molecule has 3 unspecified atom stereocenters.